The lowest BCUT2D eigenvalue weighted by Crippen LogP contribution is -2.16. The number of rotatable bonds is 3. The molecule has 0 aliphatic heterocycles. The van der Waals surface area contributed by atoms with Gasteiger partial charge in [-0.1, -0.05) is 22.0 Å². The number of pyridine rings is 1. The summed E-state index contributed by atoms with van der Waals surface area (Å²) in [5.41, 5.74) is 9.72. The van der Waals surface area contributed by atoms with Crippen LogP contribution in [0, 0.1) is 10.5 Å². The van der Waals surface area contributed by atoms with Gasteiger partial charge in [0.1, 0.15) is 0 Å². The Morgan fingerprint density at radius 3 is 2.89 bits per heavy atom. The van der Waals surface area contributed by atoms with Gasteiger partial charge in [-0.15, -0.1) is 0 Å². The van der Waals surface area contributed by atoms with Crippen molar-refractivity contribution in [3.8, 4) is 0 Å². The minimum Gasteiger partial charge on any atom is -0.324 e. The van der Waals surface area contributed by atoms with Gasteiger partial charge in [0.25, 0.3) is 0 Å². The van der Waals surface area contributed by atoms with Gasteiger partial charge < -0.3 is 5.73 Å². The van der Waals surface area contributed by atoms with Crippen LogP contribution < -0.4 is 5.73 Å². The van der Waals surface area contributed by atoms with Crippen molar-refractivity contribution in [2.45, 2.75) is 19.4 Å². The molecule has 0 amide bonds. The first-order chi connectivity index (χ1) is 8.58. The highest BCUT2D eigenvalue weighted by Gasteiger charge is 2.13. The molecule has 2 N–H and O–H groups in total. The fourth-order valence-corrected chi connectivity index (χ4v) is 2.96. The Kier molecular flexibility index (Phi) is 4.75. The Hall–Kier alpha value is -0.460. The van der Waals surface area contributed by atoms with Gasteiger partial charge in [-0.2, -0.15) is 0 Å². The fourth-order valence-electron chi connectivity index (χ4n) is 1.85. The van der Waals surface area contributed by atoms with Crippen molar-refractivity contribution in [3.63, 3.8) is 0 Å². The molecule has 2 nitrogen and oxygen atoms in total. The lowest BCUT2D eigenvalue weighted by Gasteiger charge is -2.15. The molecule has 0 radical (unpaired) electrons. The predicted molar refractivity (Wildman–Crippen MR) is 86.5 cm³/mol. The van der Waals surface area contributed by atoms with Crippen LogP contribution >= 0.6 is 38.5 Å². The molecule has 1 unspecified atom stereocenters. The maximum absolute atomic E-state index is 6.30. The largest absolute Gasteiger partial charge is 0.324 e. The van der Waals surface area contributed by atoms with Crippen LogP contribution in [0.3, 0.4) is 0 Å². The summed E-state index contributed by atoms with van der Waals surface area (Å²) in [6.07, 6.45) is 2.58. The summed E-state index contributed by atoms with van der Waals surface area (Å²) >= 11 is 5.81. The molecule has 0 spiro atoms. The van der Waals surface area contributed by atoms with Crippen LogP contribution in [0.4, 0.5) is 0 Å². The van der Waals surface area contributed by atoms with E-state index in [1.165, 1.54) is 9.13 Å². The molecule has 0 aliphatic rings. The molecule has 0 aliphatic carbocycles. The van der Waals surface area contributed by atoms with E-state index < -0.39 is 0 Å². The SMILES string of the molecule is Cc1cccnc1CC(N)c1cc(Br)ccc1I. The number of nitrogens with zero attached hydrogens (tertiary/aromatic N) is 1. The van der Waals surface area contributed by atoms with E-state index in [1.54, 1.807) is 0 Å². The molecule has 2 rings (SSSR count). The molecule has 94 valence electrons. The van der Waals surface area contributed by atoms with Gasteiger partial charge in [-0.3, -0.25) is 4.98 Å². The molecule has 1 atom stereocenters. The van der Waals surface area contributed by atoms with E-state index in [0.29, 0.717) is 0 Å². The second-order valence-corrected chi connectivity index (χ2v) is 6.32. The van der Waals surface area contributed by atoms with Gasteiger partial charge in [-0.05, 0) is 64.9 Å². The fraction of sp³-hybridized carbons (Fsp3) is 0.214. The Bertz CT molecular complexity index is 557. The van der Waals surface area contributed by atoms with Gasteiger partial charge in [0.15, 0.2) is 0 Å². The second-order valence-electron chi connectivity index (χ2n) is 4.24. The molecule has 0 fully saturated rings. The smallest absolute Gasteiger partial charge is 0.0451 e. The highest BCUT2D eigenvalue weighted by Crippen LogP contribution is 2.25. The summed E-state index contributed by atoms with van der Waals surface area (Å²) in [4.78, 5) is 4.40. The maximum atomic E-state index is 6.30. The van der Waals surface area contributed by atoms with Crippen LogP contribution in [0.5, 0.6) is 0 Å². The zero-order valence-corrected chi connectivity index (χ0v) is 13.8. The quantitative estimate of drug-likeness (QED) is 0.768. The highest BCUT2D eigenvalue weighted by atomic mass is 127. The average molecular weight is 417 g/mol. The van der Waals surface area contributed by atoms with Gasteiger partial charge in [0.05, 0.1) is 0 Å². The highest BCUT2D eigenvalue weighted by molar-refractivity contribution is 14.1. The number of aromatic nitrogens is 1. The van der Waals surface area contributed by atoms with E-state index in [9.17, 15) is 0 Å². The third-order valence-electron chi connectivity index (χ3n) is 2.89. The Morgan fingerprint density at radius 2 is 2.17 bits per heavy atom. The molecule has 1 aromatic heterocycles. The third kappa shape index (κ3) is 3.30. The summed E-state index contributed by atoms with van der Waals surface area (Å²) < 4.78 is 2.25. The number of aryl methyl sites for hydroxylation is 1. The molecular formula is C14H14BrIN2. The topological polar surface area (TPSA) is 38.9 Å². The number of halogens is 2. The van der Waals surface area contributed by atoms with E-state index in [1.807, 2.05) is 18.3 Å². The molecule has 0 bridgehead atoms. The zero-order valence-electron chi connectivity index (χ0n) is 10.0. The first-order valence-corrected chi connectivity index (χ1v) is 7.56. The summed E-state index contributed by atoms with van der Waals surface area (Å²) in [5, 5.41) is 0. The zero-order chi connectivity index (χ0) is 13.1. The Labute approximate surface area is 129 Å². The molecule has 4 heteroatoms. The first-order valence-electron chi connectivity index (χ1n) is 5.69. The van der Waals surface area contributed by atoms with Crippen molar-refractivity contribution in [2.24, 2.45) is 5.73 Å². The van der Waals surface area contributed by atoms with E-state index in [-0.39, 0.29) is 6.04 Å². The van der Waals surface area contributed by atoms with Crippen LogP contribution in [0.25, 0.3) is 0 Å². The van der Waals surface area contributed by atoms with Crippen molar-refractivity contribution >= 4 is 38.5 Å². The van der Waals surface area contributed by atoms with Crippen molar-refractivity contribution in [1.82, 2.24) is 4.98 Å². The third-order valence-corrected chi connectivity index (χ3v) is 4.36. The summed E-state index contributed by atoms with van der Waals surface area (Å²) in [6, 6.07) is 10.2. The average Bonchev–Trinajstić information content (AvgIpc) is 2.35. The Morgan fingerprint density at radius 1 is 1.39 bits per heavy atom. The second kappa shape index (κ2) is 6.12. The number of hydrogen-bond donors (Lipinski definition) is 1. The summed E-state index contributed by atoms with van der Waals surface area (Å²) in [5.74, 6) is 0. The molecule has 18 heavy (non-hydrogen) atoms. The number of hydrogen-bond acceptors (Lipinski definition) is 2. The summed E-state index contributed by atoms with van der Waals surface area (Å²) in [6.45, 7) is 2.07. The van der Waals surface area contributed by atoms with E-state index in [4.69, 9.17) is 5.73 Å². The summed E-state index contributed by atoms with van der Waals surface area (Å²) in [7, 11) is 0. The van der Waals surface area contributed by atoms with E-state index in [0.717, 1.165) is 22.2 Å². The van der Waals surface area contributed by atoms with Crippen LogP contribution in [0.15, 0.2) is 41.0 Å². The van der Waals surface area contributed by atoms with Crippen LogP contribution in [-0.4, -0.2) is 4.98 Å². The molecular weight excluding hydrogens is 403 g/mol. The standard InChI is InChI=1S/C14H14BrIN2/c1-9-3-2-6-18-14(9)8-13(17)11-7-10(15)4-5-12(11)16/h2-7,13H,8,17H2,1H3. The van der Waals surface area contributed by atoms with Crippen molar-refractivity contribution < 1.29 is 0 Å². The maximum Gasteiger partial charge on any atom is 0.0451 e. The number of nitrogens with two attached hydrogens (primary N) is 1. The molecule has 1 aromatic carbocycles. The monoisotopic (exact) mass is 416 g/mol. The van der Waals surface area contributed by atoms with Gasteiger partial charge in [0.2, 0.25) is 0 Å². The first kappa shape index (κ1) is 14.0. The molecule has 0 saturated carbocycles. The van der Waals surface area contributed by atoms with Crippen LogP contribution in [0.2, 0.25) is 0 Å². The van der Waals surface area contributed by atoms with E-state index in [2.05, 4.69) is 68.6 Å². The minimum atomic E-state index is -0.0250. The van der Waals surface area contributed by atoms with Gasteiger partial charge >= 0.3 is 0 Å². The van der Waals surface area contributed by atoms with Gasteiger partial charge in [-0.25, -0.2) is 0 Å². The van der Waals surface area contributed by atoms with Gasteiger partial charge in [0, 0.05) is 32.4 Å². The van der Waals surface area contributed by atoms with E-state index >= 15 is 0 Å². The van der Waals surface area contributed by atoms with Crippen molar-refractivity contribution in [2.75, 3.05) is 0 Å². The predicted octanol–water partition coefficient (Wildman–Crippen LogP) is 4.00. The molecule has 0 saturated heterocycles. The van der Waals surface area contributed by atoms with Crippen LogP contribution in [-0.2, 0) is 6.42 Å². The lowest BCUT2D eigenvalue weighted by atomic mass is 10.0. The van der Waals surface area contributed by atoms with Crippen LogP contribution in [0.1, 0.15) is 22.9 Å². The molecule has 2 aromatic rings. The number of benzene rings is 1. The Balaban J connectivity index is 2.25. The normalized spacial score (nSPS) is 12.4. The molecule has 1 heterocycles. The van der Waals surface area contributed by atoms with Crippen molar-refractivity contribution in [1.29, 1.82) is 0 Å². The van der Waals surface area contributed by atoms with Crippen molar-refractivity contribution in [3.05, 3.63) is 61.4 Å². The minimum absolute atomic E-state index is 0.0250. The lowest BCUT2D eigenvalue weighted by molar-refractivity contribution is 0.699.